The average molecular weight is 262 g/mol. The summed E-state index contributed by atoms with van der Waals surface area (Å²) < 4.78 is 0. The quantitative estimate of drug-likeness (QED) is 0.793. The maximum absolute atomic E-state index is 11.6. The van der Waals surface area contributed by atoms with E-state index in [4.69, 9.17) is 0 Å². The summed E-state index contributed by atoms with van der Waals surface area (Å²) in [5.41, 5.74) is 2.56. The van der Waals surface area contributed by atoms with Crippen LogP contribution in [-0.2, 0) is 4.79 Å². The number of nitrogens with one attached hydrogen (secondary N) is 2. The lowest BCUT2D eigenvalue weighted by Gasteiger charge is -2.18. The molecular weight excluding hydrogens is 236 g/mol. The molecule has 0 fully saturated rings. The Morgan fingerprint density at radius 2 is 1.84 bits per heavy atom. The first-order chi connectivity index (χ1) is 9.02. The highest BCUT2D eigenvalue weighted by atomic mass is 16.1. The van der Waals surface area contributed by atoms with Gasteiger partial charge in [-0.3, -0.25) is 4.79 Å². The summed E-state index contributed by atoms with van der Waals surface area (Å²) in [7, 11) is 0. The van der Waals surface area contributed by atoms with Crippen molar-refractivity contribution in [3.63, 3.8) is 0 Å². The maximum Gasteiger partial charge on any atom is 0.221 e. The maximum atomic E-state index is 11.6. The molecule has 0 radical (unpaired) electrons. The molecule has 0 aliphatic carbocycles. The van der Waals surface area contributed by atoms with Gasteiger partial charge in [0.05, 0.1) is 0 Å². The van der Waals surface area contributed by atoms with Gasteiger partial charge in [0, 0.05) is 25.0 Å². The van der Waals surface area contributed by atoms with Gasteiger partial charge in [0.25, 0.3) is 0 Å². The Kier molecular flexibility index (Phi) is 6.57. The van der Waals surface area contributed by atoms with Crippen molar-refractivity contribution in [2.75, 3.05) is 6.54 Å². The fourth-order valence-corrected chi connectivity index (χ4v) is 2.05. The van der Waals surface area contributed by atoms with E-state index in [2.05, 4.69) is 48.7 Å². The van der Waals surface area contributed by atoms with Crippen molar-refractivity contribution in [1.29, 1.82) is 0 Å². The van der Waals surface area contributed by atoms with Crippen molar-refractivity contribution >= 4 is 5.91 Å². The van der Waals surface area contributed by atoms with Gasteiger partial charge in [-0.2, -0.15) is 0 Å². The minimum absolute atomic E-state index is 0.112. The van der Waals surface area contributed by atoms with Gasteiger partial charge in [-0.25, -0.2) is 0 Å². The van der Waals surface area contributed by atoms with Gasteiger partial charge < -0.3 is 10.6 Å². The van der Waals surface area contributed by atoms with Crippen LogP contribution in [0.4, 0.5) is 0 Å². The summed E-state index contributed by atoms with van der Waals surface area (Å²) in [6.07, 6.45) is 1.55. The van der Waals surface area contributed by atoms with Crippen LogP contribution in [0.3, 0.4) is 0 Å². The molecule has 0 aliphatic heterocycles. The zero-order chi connectivity index (χ0) is 14.3. The molecule has 2 N–H and O–H groups in total. The molecule has 0 saturated heterocycles. The molecule has 1 amide bonds. The Morgan fingerprint density at radius 1 is 1.21 bits per heavy atom. The minimum atomic E-state index is 0.112. The van der Waals surface area contributed by atoms with Crippen molar-refractivity contribution in [3.8, 4) is 0 Å². The topological polar surface area (TPSA) is 41.1 Å². The number of carbonyl (C=O) groups excluding carboxylic acids is 1. The third-order valence-electron chi connectivity index (χ3n) is 3.08. The molecule has 0 aromatic heterocycles. The van der Waals surface area contributed by atoms with Crippen LogP contribution >= 0.6 is 0 Å². The Hall–Kier alpha value is -1.35. The average Bonchev–Trinajstić information content (AvgIpc) is 2.35. The SMILES string of the molecule is CCC(NCCC(=O)NC(C)C)c1ccc(C)cc1. The molecule has 1 atom stereocenters. The highest BCUT2D eigenvalue weighted by Gasteiger charge is 2.09. The number of amides is 1. The van der Waals surface area contributed by atoms with Crippen molar-refractivity contribution in [2.45, 2.75) is 52.6 Å². The second kappa shape index (κ2) is 7.95. The first kappa shape index (κ1) is 15.7. The van der Waals surface area contributed by atoms with Crippen molar-refractivity contribution in [3.05, 3.63) is 35.4 Å². The highest BCUT2D eigenvalue weighted by molar-refractivity contribution is 5.76. The predicted molar refractivity (Wildman–Crippen MR) is 80.1 cm³/mol. The summed E-state index contributed by atoms with van der Waals surface area (Å²) in [4.78, 5) is 11.6. The van der Waals surface area contributed by atoms with Crippen LogP contribution in [0.25, 0.3) is 0 Å². The van der Waals surface area contributed by atoms with E-state index in [0.717, 1.165) is 6.42 Å². The predicted octanol–water partition coefficient (Wildman–Crippen LogP) is 2.95. The summed E-state index contributed by atoms with van der Waals surface area (Å²) in [6.45, 7) is 8.92. The van der Waals surface area contributed by atoms with Gasteiger partial charge >= 0.3 is 0 Å². The Balaban J connectivity index is 2.41. The lowest BCUT2D eigenvalue weighted by molar-refractivity contribution is -0.121. The molecule has 1 rings (SSSR count). The summed E-state index contributed by atoms with van der Waals surface area (Å²) in [5, 5.41) is 6.35. The molecule has 3 nitrogen and oxygen atoms in total. The summed E-state index contributed by atoms with van der Waals surface area (Å²) in [6, 6.07) is 9.12. The van der Waals surface area contributed by atoms with Crippen LogP contribution in [0.5, 0.6) is 0 Å². The zero-order valence-electron chi connectivity index (χ0n) is 12.5. The fourth-order valence-electron chi connectivity index (χ4n) is 2.05. The van der Waals surface area contributed by atoms with Crippen LogP contribution in [0, 0.1) is 6.92 Å². The van der Waals surface area contributed by atoms with Crippen LogP contribution < -0.4 is 10.6 Å². The van der Waals surface area contributed by atoms with Gasteiger partial charge in [-0.15, -0.1) is 0 Å². The van der Waals surface area contributed by atoms with Crippen molar-refractivity contribution in [2.24, 2.45) is 0 Å². The third kappa shape index (κ3) is 5.88. The fraction of sp³-hybridized carbons (Fsp3) is 0.562. The van der Waals surface area contributed by atoms with Crippen molar-refractivity contribution in [1.82, 2.24) is 10.6 Å². The van der Waals surface area contributed by atoms with Crippen LogP contribution in [0.1, 0.15) is 50.8 Å². The smallest absolute Gasteiger partial charge is 0.221 e. The first-order valence-corrected chi connectivity index (χ1v) is 7.12. The number of benzene rings is 1. The van der Waals surface area contributed by atoms with E-state index in [1.165, 1.54) is 11.1 Å². The lowest BCUT2D eigenvalue weighted by atomic mass is 10.0. The molecule has 0 spiro atoms. The molecule has 0 aliphatic rings. The summed E-state index contributed by atoms with van der Waals surface area (Å²) >= 11 is 0. The Bertz CT molecular complexity index is 384. The number of aryl methyl sites for hydroxylation is 1. The van der Waals surface area contributed by atoms with E-state index in [1.54, 1.807) is 0 Å². The van der Waals surface area contributed by atoms with Gasteiger partial charge in [0.1, 0.15) is 0 Å². The molecule has 19 heavy (non-hydrogen) atoms. The summed E-state index contributed by atoms with van der Waals surface area (Å²) in [5.74, 6) is 0.112. The van der Waals surface area contributed by atoms with Crippen LogP contribution in [0.2, 0.25) is 0 Å². The van der Waals surface area contributed by atoms with Gasteiger partial charge in [-0.1, -0.05) is 36.8 Å². The number of hydrogen-bond acceptors (Lipinski definition) is 2. The monoisotopic (exact) mass is 262 g/mol. The molecular formula is C16H26N2O. The second-order valence-corrected chi connectivity index (χ2v) is 5.30. The van der Waals surface area contributed by atoms with E-state index in [-0.39, 0.29) is 11.9 Å². The normalized spacial score (nSPS) is 12.5. The number of rotatable bonds is 7. The molecule has 1 aromatic rings. The van der Waals surface area contributed by atoms with Gasteiger partial charge in [0.15, 0.2) is 0 Å². The standard InChI is InChI=1S/C16H26N2O/c1-5-15(14-8-6-13(4)7-9-14)17-11-10-16(19)18-12(2)3/h6-9,12,15,17H,5,10-11H2,1-4H3,(H,18,19). The Morgan fingerprint density at radius 3 is 2.37 bits per heavy atom. The molecule has 0 bridgehead atoms. The molecule has 106 valence electrons. The molecule has 1 aromatic carbocycles. The van der Waals surface area contributed by atoms with Gasteiger partial charge in [0.2, 0.25) is 5.91 Å². The lowest BCUT2D eigenvalue weighted by Crippen LogP contribution is -2.33. The van der Waals surface area contributed by atoms with Crippen LogP contribution in [0.15, 0.2) is 24.3 Å². The third-order valence-corrected chi connectivity index (χ3v) is 3.08. The molecule has 1 unspecified atom stereocenters. The van der Waals surface area contributed by atoms with Crippen molar-refractivity contribution < 1.29 is 4.79 Å². The molecule has 0 saturated carbocycles. The molecule has 3 heteroatoms. The van der Waals surface area contributed by atoms with E-state index < -0.39 is 0 Å². The largest absolute Gasteiger partial charge is 0.354 e. The van der Waals surface area contributed by atoms with Crippen LogP contribution in [-0.4, -0.2) is 18.5 Å². The first-order valence-electron chi connectivity index (χ1n) is 7.12. The second-order valence-electron chi connectivity index (χ2n) is 5.30. The van der Waals surface area contributed by atoms with Gasteiger partial charge in [-0.05, 0) is 32.8 Å². The minimum Gasteiger partial charge on any atom is -0.354 e. The van der Waals surface area contributed by atoms with E-state index in [1.807, 2.05) is 13.8 Å². The van der Waals surface area contributed by atoms with E-state index >= 15 is 0 Å². The van der Waals surface area contributed by atoms with E-state index in [0.29, 0.717) is 19.0 Å². The Labute approximate surface area is 116 Å². The number of carbonyl (C=O) groups is 1. The number of hydrogen-bond donors (Lipinski definition) is 2. The molecule has 0 heterocycles. The highest BCUT2D eigenvalue weighted by Crippen LogP contribution is 2.16. The van der Waals surface area contributed by atoms with E-state index in [9.17, 15) is 4.79 Å². The zero-order valence-corrected chi connectivity index (χ0v) is 12.5.